The fourth-order valence-corrected chi connectivity index (χ4v) is 2.30. The van der Waals surface area contributed by atoms with Gasteiger partial charge in [-0.3, -0.25) is 4.79 Å². The van der Waals surface area contributed by atoms with E-state index in [2.05, 4.69) is 15.4 Å². The first kappa shape index (κ1) is 13.9. The summed E-state index contributed by atoms with van der Waals surface area (Å²) in [4.78, 5) is 16.5. The van der Waals surface area contributed by atoms with Gasteiger partial charge in [-0.1, -0.05) is 23.2 Å². The van der Waals surface area contributed by atoms with Crippen molar-refractivity contribution in [1.29, 1.82) is 0 Å². The van der Waals surface area contributed by atoms with Crippen molar-refractivity contribution in [3.8, 4) is 0 Å². The van der Waals surface area contributed by atoms with Gasteiger partial charge in [-0.25, -0.2) is 9.50 Å². The van der Waals surface area contributed by atoms with Crippen molar-refractivity contribution in [1.82, 2.24) is 14.6 Å². The van der Waals surface area contributed by atoms with Gasteiger partial charge in [-0.05, 0) is 31.2 Å². The van der Waals surface area contributed by atoms with E-state index in [1.165, 1.54) is 0 Å². The molecule has 0 fully saturated rings. The fraction of sp³-hybridized carbons (Fsp3) is 0.0714. The molecule has 0 atom stereocenters. The van der Waals surface area contributed by atoms with Crippen molar-refractivity contribution >= 4 is 40.4 Å². The van der Waals surface area contributed by atoms with Crippen molar-refractivity contribution in [2.24, 2.45) is 0 Å². The summed E-state index contributed by atoms with van der Waals surface area (Å²) in [7, 11) is 0. The normalized spacial score (nSPS) is 10.8. The quantitative estimate of drug-likeness (QED) is 0.784. The molecule has 0 spiro atoms. The average molecular weight is 321 g/mol. The number of fused-ring (bicyclic) bond motifs is 1. The lowest BCUT2D eigenvalue weighted by molar-refractivity contribution is 0.102. The molecular formula is C14H10Cl2N4O. The van der Waals surface area contributed by atoms with Gasteiger partial charge in [0, 0.05) is 16.8 Å². The van der Waals surface area contributed by atoms with E-state index in [4.69, 9.17) is 23.2 Å². The Kier molecular flexibility index (Phi) is 3.53. The first-order valence-corrected chi connectivity index (χ1v) is 6.88. The Labute approximate surface area is 130 Å². The zero-order valence-corrected chi connectivity index (χ0v) is 12.5. The first-order chi connectivity index (χ1) is 10.0. The van der Waals surface area contributed by atoms with Crippen LogP contribution in [-0.2, 0) is 0 Å². The molecule has 0 unspecified atom stereocenters. The second-order valence-electron chi connectivity index (χ2n) is 4.46. The summed E-state index contributed by atoms with van der Waals surface area (Å²) < 4.78 is 1.66. The minimum Gasteiger partial charge on any atom is -0.319 e. The van der Waals surface area contributed by atoms with Gasteiger partial charge in [0.05, 0.1) is 16.9 Å². The van der Waals surface area contributed by atoms with E-state index in [1.807, 2.05) is 6.92 Å². The molecule has 2 aromatic heterocycles. The summed E-state index contributed by atoms with van der Waals surface area (Å²) >= 11 is 11.9. The summed E-state index contributed by atoms with van der Waals surface area (Å²) in [6.45, 7) is 1.85. The number of anilines is 1. The number of nitrogens with zero attached hydrogens (tertiary/aromatic N) is 3. The predicted molar refractivity (Wildman–Crippen MR) is 82.1 cm³/mol. The molecule has 0 radical (unpaired) electrons. The molecule has 3 aromatic rings. The standard InChI is InChI=1S/C14H10Cl2N4O/c1-8-6-12(18-13-4-5-17-20(8)13)14(21)19-11-7-9(15)2-3-10(11)16/h2-7H,1H3,(H,19,21). The number of aromatic nitrogens is 3. The molecule has 2 heterocycles. The Bertz CT molecular complexity index is 844. The van der Waals surface area contributed by atoms with Gasteiger partial charge in [0.25, 0.3) is 5.91 Å². The van der Waals surface area contributed by atoms with Crippen LogP contribution >= 0.6 is 23.2 Å². The van der Waals surface area contributed by atoms with Crippen LogP contribution in [0.25, 0.3) is 5.65 Å². The predicted octanol–water partition coefficient (Wildman–Crippen LogP) is 3.60. The lowest BCUT2D eigenvalue weighted by Crippen LogP contribution is -2.15. The molecule has 0 saturated heterocycles. The third kappa shape index (κ3) is 2.70. The Hall–Kier alpha value is -2.11. The lowest BCUT2D eigenvalue weighted by Gasteiger charge is -2.08. The van der Waals surface area contributed by atoms with Crippen LogP contribution in [0.15, 0.2) is 36.5 Å². The van der Waals surface area contributed by atoms with E-state index in [0.29, 0.717) is 21.4 Å². The van der Waals surface area contributed by atoms with Gasteiger partial charge in [-0.15, -0.1) is 0 Å². The van der Waals surface area contributed by atoms with Crippen molar-refractivity contribution in [2.75, 3.05) is 5.32 Å². The van der Waals surface area contributed by atoms with Crippen LogP contribution in [0.5, 0.6) is 0 Å². The van der Waals surface area contributed by atoms with Crippen LogP contribution in [0.3, 0.4) is 0 Å². The van der Waals surface area contributed by atoms with E-state index >= 15 is 0 Å². The molecule has 106 valence electrons. The largest absolute Gasteiger partial charge is 0.319 e. The first-order valence-electron chi connectivity index (χ1n) is 6.12. The smallest absolute Gasteiger partial charge is 0.274 e. The topological polar surface area (TPSA) is 59.3 Å². The number of carbonyl (C=O) groups is 1. The number of benzene rings is 1. The SMILES string of the molecule is Cc1cc(C(=O)Nc2cc(Cl)ccc2Cl)nc2ccnn12. The number of nitrogens with one attached hydrogen (secondary N) is 1. The zero-order chi connectivity index (χ0) is 15.0. The number of carbonyl (C=O) groups excluding carboxylic acids is 1. The molecule has 7 heteroatoms. The Balaban J connectivity index is 1.95. The number of hydrogen-bond donors (Lipinski definition) is 1. The summed E-state index contributed by atoms with van der Waals surface area (Å²) in [6, 6.07) is 8.26. The van der Waals surface area contributed by atoms with Crippen LogP contribution in [0.1, 0.15) is 16.2 Å². The van der Waals surface area contributed by atoms with E-state index in [1.54, 1.807) is 41.0 Å². The van der Waals surface area contributed by atoms with E-state index in [0.717, 1.165) is 5.69 Å². The Morgan fingerprint density at radius 1 is 1.24 bits per heavy atom. The molecular weight excluding hydrogens is 311 g/mol. The van der Waals surface area contributed by atoms with Crippen molar-refractivity contribution < 1.29 is 4.79 Å². The molecule has 1 N–H and O–H groups in total. The molecule has 0 aliphatic rings. The van der Waals surface area contributed by atoms with Crippen molar-refractivity contribution in [2.45, 2.75) is 6.92 Å². The third-order valence-electron chi connectivity index (χ3n) is 2.95. The molecule has 3 rings (SSSR count). The van der Waals surface area contributed by atoms with Gasteiger partial charge in [0.15, 0.2) is 5.65 Å². The van der Waals surface area contributed by atoms with Crippen molar-refractivity contribution in [3.05, 3.63) is 58.0 Å². The van der Waals surface area contributed by atoms with Crippen LogP contribution in [0.4, 0.5) is 5.69 Å². The Morgan fingerprint density at radius 2 is 2.05 bits per heavy atom. The van der Waals surface area contributed by atoms with E-state index in [-0.39, 0.29) is 11.6 Å². The zero-order valence-electron chi connectivity index (χ0n) is 11.0. The number of aryl methyl sites for hydroxylation is 1. The highest BCUT2D eigenvalue weighted by atomic mass is 35.5. The molecule has 0 saturated carbocycles. The van der Waals surface area contributed by atoms with Crippen LogP contribution in [-0.4, -0.2) is 20.5 Å². The molecule has 0 bridgehead atoms. The third-order valence-corrected chi connectivity index (χ3v) is 3.51. The monoisotopic (exact) mass is 320 g/mol. The maximum absolute atomic E-state index is 12.3. The average Bonchev–Trinajstić information content (AvgIpc) is 2.91. The number of amides is 1. The molecule has 0 aliphatic heterocycles. The molecule has 5 nitrogen and oxygen atoms in total. The second kappa shape index (κ2) is 5.35. The summed E-state index contributed by atoms with van der Waals surface area (Å²) in [5, 5.41) is 7.72. The van der Waals surface area contributed by atoms with E-state index < -0.39 is 0 Å². The molecule has 21 heavy (non-hydrogen) atoms. The molecule has 0 aliphatic carbocycles. The van der Waals surface area contributed by atoms with Gasteiger partial charge in [-0.2, -0.15) is 5.10 Å². The second-order valence-corrected chi connectivity index (χ2v) is 5.31. The minimum atomic E-state index is -0.356. The van der Waals surface area contributed by atoms with Crippen molar-refractivity contribution in [3.63, 3.8) is 0 Å². The van der Waals surface area contributed by atoms with Crippen LogP contribution < -0.4 is 5.32 Å². The summed E-state index contributed by atoms with van der Waals surface area (Å²) in [6.07, 6.45) is 1.63. The fourth-order valence-electron chi connectivity index (χ4n) is 1.96. The van der Waals surface area contributed by atoms with Crippen LogP contribution in [0, 0.1) is 6.92 Å². The lowest BCUT2D eigenvalue weighted by atomic mass is 10.2. The number of halogens is 2. The van der Waals surface area contributed by atoms with Gasteiger partial charge in [0.2, 0.25) is 0 Å². The van der Waals surface area contributed by atoms with E-state index in [9.17, 15) is 4.79 Å². The maximum atomic E-state index is 12.3. The molecule has 1 aromatic carbocycles. The van der Waals surface area contributed by atoms with Gasteiger partial charge in [0.1, 0.15) is 5.69 Å². The highest BCUT2D eigenvalue weighted by Gasteiger charge is 2.13. The maximum Gasteiger partial charge on any atom is 0.274 e. The molecule has 1 amide bonds. The Morgan fingerprint density at radius 3 is 2.86 bits per heavy atom. The summed E-state index contributed by atoms with van der Waals surface area (Å²) in [5.74, 6) is -0.356. The number of rotatable bonds is 2. The van der Waals surface area contributed by atoms with Crippen LogP contribution in [0.2, 0.25) is 10.0 Å². The van der Waals surface area contributed by atoms with Gasteiger partial charge >= 0.3 is 0 Å². The highest BCUT2D eigenvalue weighted by molar-refractivity contribution is 6.35. The minimum absolute atomic E-state index is 0.288. The summed E-state index contributed by atoms with van der Waals surface area (Å²) in [5.41, 5.74) is 2.16. The van der Waals surface area contributed by atoms with Gasteiger partial charge < -0.3 is 5.32 Å². The number of hydrogen-bond acceptors (Lipinski definition) is 3. The highest BCUT2D eigenvalue weighted by Crippen LogP contribution is 2.25.